The maximum Gasteiger partial charge on any atom is 0.306 e. The van der Waals surface area contributed by atoms with Gasteiger partial charge in [-0.1, -0.05) is 35.5 Å². The Bertz CT molecular complexity index is 869. The number of rotatable bonds is 10. The molecule has 0 spiro atoms. The molecule has 1 aromatic heterocycles. The van der Waals surface area contributed by atoms with E-state index in [0.717, 1.165) is 42.5 Å². The van der Waals surface area contributed by atoms with Crippen LogP contribution < -0.4 is 0 Å². The first-order valence-electron chi connectivity index (χ1n) is 10.7. The van der Waals surface area contributed by atoms with Crippen LogP contribution >= 0.6 is 0 Å². The summed E-state index contributed by atoms with van der Waals surface area (Å²) in [6, 6.07) is 10.1. The maximum absolute atomic E-state index is 12.5. The number of hydrogen-bond acceptors (Lipinski definition) is 5. The van der Waals surface area contributed by atoms with Crippen LogP contribution in [0.4, 0.5) is 0 Å². The van der Waals surface area contributed by atoms with E-state index < -0.39 is 5.60 Å². The maximum atomic E-state index is 12.5. The van der Waals surface area contributed by atoms with Gasteiger partial charge in [0, 0.05) is 18.1 Å². The molecule has 30 heavy (non-hydrogen) atoms. The molecule has 1 aromatic carbocycles. The molecular weight excluding hydrogens is 378 g/mol. The second-order valence-corrected chi connectivity index (χ2v) is 8.90. The van der Waals surface area contributed by atoms with Crippen LogP contribution in [0.15, 0.2) is 34.9 Å². The first-order chi connectivity index (χ1) is 14.4. The summed E-state index contributed by atoms with van der Waals surface area (Å²) in [5.74, 6) is 3.18. The summed E-state index contributed by atoms with van der Waals surface area (Å²) in [5.41, 5.74) is 2.46. The van der Waals surface area contributed by atoms with Crippen molar-refractivity contribution >= 4 is 5.97 Å². The van der Waals surface area contributed by atoms with Gasteiger partial charge in [0.15, 0.2) is 0 Å². The molecule has 1 aliphatic rings. The Morgan fingerprint density at radius 1 is 1.30 bits per heavy atom. The minimum absolute atomic E-state index is 0.0957. The predicted octanol–water partition coefficient (Wildman–Crippen LogP) is 5.35. The number of ether oxygens (including phenoxy) is 2. The van der Waals surface area contributed by atoms with Gasteiger partial charge in [0.25, 0.3) is 0 Å². The number of hydrogen-bond donors (Lipinski definition) is 0. The monoisotopic (exact) mass is 409 g/mol. The highest BCUT2D eigenvalue weighted by Crippen LogP contribution is 2.46. The van der Waals surface area contributed by atoms with Crippen molar-refractivity contribution in [1.82, 2.24) is 5.16 Å². The molecule has 0 N–H and O–H groups in total. The molecule has 160 valence electrons. The zero-order valence-corrected chi connectivity index (χ0v) is 18.1. The van der Waals surface area contributed by atoms with Gasteiger partial charge in [-0.15, -0.1) is 6.42 Å². The van der Waals surface area contributed by atoms with E-state index in [9.17, 15) is 4.79 Å². The van der Waals surface area contributed by atoms with E-state index in [0.29, 0.717) is 24.9 Å². The summed E-state index contributed by atoms with van der Waals surface area (Å²) >= 11 is 0. The minimum Gasteiger partial charge on any atom is -0.460 e. The van der Waals surface area contributed by atoms with Crippen molar-refractivity contribution in [2.45, 2.75) is 76.9 Å². The Labute approximate surface area is 179 Å². The number of esters is 1. The summed E-state index contributed by atoms with van der Waals surface area (Å²) in [6.45, 7) is 6.81. The lowest BCUT2D eigenvalue weighted by molar-refractivity contribution is -0.155. The van der Waals surface area contributed by atoms with Crippen LogP contribution in [0.5, 0.6) is 0 Å². The van der Waals surface area contributed by atoms with Crippen molar-refractivity contribution in [1.29, 1.82) is 0 Å². The van der Waals surface area contributed by atoms with Crippen molar-refractivity contribution in [2.24, 2.45) is 0 Å². The molecule has 0 amide bonds. The predicted molar refractivity (Wildman–Crippen MR) is 115 cm³/mol. The van der Waals surface area contributed by atoms with E-state index in [1.54, 1.807) is 0 Å². The molecular formula is C25H31NO4. The van der Waals surface area contributed by atoms with Crippen molar-refractivity contribution in [3.8, 4) is 12.3 Å². The van der Waals surface area contributed by atoms with Crippen LogP contribution in [-0.2, 0) is 20.9 Å². The average Bonchev–Trinajstić information content (AvgIpc) is 3.44. The summed E-state index contributed by atoms with van der Waals surface area (Å²) in [6.07, 6.45) is 9.60. The third-order valence-electron chi connectivity index (χ3n) is 5.05. The van der Waals surface area contributed by atoms with Crippen LogP contribution in [0.1, 0.15) is 87.3 Å². The van der Waals surface area contributed by atoms with Gasteiger partial charge in [-0.2, -0.15) is 0 Å². The molecule has 1 heterocycles. The highest BCUT2D eigenvalue weighted by atomic mass is 16.6. The van der Waals surface area contributed by atoms with E-state index in [2.05, 4.69) is 11.1 Å². The van der Waals surface area contributed by atoms with Crippen LogP contribution in [0.2, 0.25) is 0 Å². The lowest BCUT2D eigenvalue weighted by Crippen LogP contribution is -2.25. The standard InChI is InChI=1S/C25H31NO4/c1-5-21-23(19-13-14-19)24(26-30-21)20(16-22(27)29-25(2,3)4)12-9-15-28-17-18-10-7-6-8-11-18/h1,6-8,10-11,19-20H,9,12-17H2,2-4H3/t20-/m0/s1. The van der Waals surface area contributed by atoms with Crippen molar-refractivity contribution in [3.63, 3.8) is 0 Å². The molecule has 0 unspecified atom stereocenters. The van der Waals surface area contributed by atoms with Crippen molar-refractivity contribution in [2.75, 3.05) is 6.61 Å². The third kappa shape index (κ3) is 6.47. The van der Waals surface area contributed by atoms with E-state index in [4.69, 9.17) is 20.4 Å². The number of carbonyl (C=O) groups is 1. The fourth-order valence-electron chi connectivity index (χ4n) is 3.59. The van der Waals surface area contributed by atoms with Crippen LogP contribution in [0.25, 0.3) is 0 Å². The molecule has 0 radical (unpaired) electrons. The zero-order chi connectivity index (χ0) is 21.6. The number of aromatic nitrogens is 1. The molecule has 5 heteroatoms. The second-order valence-electron chi connectivity index (χ2n) is 8.90. The summed E-state index contributed by atoms with van der Waals surface area (Å²) in [5, 5.41) is 4.28. The molecule has 0 bridgehead atoms. The van der Waals surface area contributed by atoms with Gasteiger partial charge in [-0.25, -0.2) is 0 Å². The Morgan fingerprint density at radius 3 is 2.67 bits per heavy atom. The molecule has 1 atom stereocenters. The van der Waals surface area contributed by atoms with Crippen LogP contribution in [-0.4, -0.2) is 23.3 Å². The molecule has 3 rings (SSSR count). The Morgan fingerprint density at radius 2 is 2.03 bits per heavy atom. The van der Waals surface area contributed by atoms with Gasteiger partial charge in [0.1, 0.15) is 5.60 Å². The summed E-state index contributed by atoms with van der Waals surface area (Å²) in [4.78, 5) is 12.5. The quantitative estimate of drug-likeness (QED) is 0.301. The van der Waals surface area contributed by atoms with Gasteiger partial charge in [-0.05, 0) is 63.9 Å². The molecule has 5 nitrogen and oxygen atoms in total. The van der Waals surface area contributed by atoms with Gasteiger partial charge >= 0.3 is 5.97 Å². The largest absolute Gasteiger partial charge is 0.460 e. The lowest BCUT2D eigenvalue weighted by Gasteiger charge is -2.22. The van der Waals surface area contributed by atoms with E-state index >= 15 is 0 Å². The average molecular weight is 410 g/mol. The van der Waals surface area contributed by atoms with E-state index in [-0.39, 0.29) is 18.3 Å². The fraction of sp³-hybridized carbons (Fsp3) is 0.520. The Kier molecular flexibility index (Phi) is 7.33. The van der Waals surface area contributed by atoms with E-state index in [1.807, 2.05) is 51.1 Å². The number of nitrogens with zero attached hydrogens (tertiary/aromatic N) is 1. The molecule has 2 aromatic rings. The highest BCUT2D eigenvalue weighted by Gasteiger charge is 2.35. The molecule has 1 aliphatic carbocycles. The van der Waals surface area contributed by atoms with Gasteiger partial charge in [0.05, 0.1) is 18.7 Å². The second kappa shape index (κ2) is 9.95. The third-order valence-corrected chi connectivity index (χ3v) is 5.05. The molecule has 1 fully saturated rings. The van der Waals surface area contributed by atoms with Crippen LogP contribution in [0, 0.1) is 12.3 Å². The van der Waals surface area contributed by atoms with Gasteiger partial charge in [0.2, 0.25) is 5.76 Å². The minimum atomic E-state index is -0.520. The number of terminal acetylenes is 1. The summed E-state index contributed by atoms with van der Waals surface area (Å²) in [7, 11) is 0. The topological polar surface area (TPSA) is 61.6 Å². The van der Waals surface area contributed by atoms with Crippen molar-refractivity contribution < 1.29 is 18.8 Å². The highest BCUT2D eigenvalue weighted by molar-refractivity contribution is 5.71. The van der Waals surface area contributed by atoms with Gasteiger partial charge in [-0.3, -0.25) is 4.79 Å². The number of benzene rings is 1. The Hall–Kier alpha value is -2.58. The zero-order valence-electron chi connectivity index (χ0n) is 18.1. The van der Waals surface area contributed by atoms with E-state index in [1.165, 1.54) is 0 Å². The fourth-order valence-corrected chi connectivity index (χ4v) is 3.59. The molecule has 1 saturated carbocycles. The van der Waals surface area contributed by atoms with Crippen LogP contribution in [0.3, 0.4) is 0 Å². The SMILES string of the molecule is C#Cc1onc([C@@H](CCCOCc2ccccc2)CC(=O)OC(C)(C)C)c1C1CC1. The number of carbonyl (C=O) groups excluding carboxylic acids is 1. The van der Waals surface area contributed by atoms with Gasteiger partial charge < -0.3 is 14.0 Å². The lowest BCUT2D eigenvalue weighted by atomic mass is 9.91. The molecule has 0 saturated heterocycles. The molecule has 0 aliphatic heterocycles. The smallest absolute Gasteiger partial charge is 0.306 e. The first kappa shape index (κ1) is 22.1. The Balaban J connectivity index is 1.63. The first-order valence-corrected chi connectivity index (χ1v) is 10.7. The van der Waals surface area contributed by atoms with Crippen molar-refractivity contribution in [3.05, 3.63) is 52.9 Å². The summed E-state index contributed by atoms with van der Waals surface area (Å²) < 4.78 is 16.8. The normalized spacial score (nSPS) is 14.9.